The Hall–Kier alpha value is -1.03. The van der Waals surface area contributed by atoms with Gasteiger partial charge in [0.1, 0.15) is 0 Å². The van der Waals surface area contributed by atoms with Crippen LogP contribution < -0.4 is 0 Å². The van der Waals surface area contributed by atoms with Crippen molar-refractivity contribution < 1.29 is 16.0 Å². The van der Waals surface area contributed by atoms with Crippen LogP contribution in [0.15, 0.2) is 45.5 Å². The summed E-state index contributed by atoms with van der Waals surface area (Å²) in [5, 5.41) is 8.89. The fourth-order valence-electron chi connectivity index (χ4n) is 1.61. The van der Waals surface area contributed by atoms with Gasteiger partial charge in [-0.05, 0) is 0 Å². The van der Waals surface area contributed by atoms with E-state index in [2.05, 4.69) is 34.2 Å². The second kappa shape index (κ2) is 3.38. The van der Waals surface area contributed by atoms with E-state index in [1.165, 1.54) is 5.57 Å². The van der Waals surface area contributed by atoms with Gasteiger partial charge in [0.25, 0.3) is 0 Å². The number of hydrogen-bond donors (Lipinski definition) is 0. The number of nitriles is 1. The van der Waals surface area contributed by atoms with Gasteiger partial charge in [0, 0.05) is 0 Å². The van der Waals surface area contributed by atoms with Crippen molar-refractivity contribution in [3.8, 4) is 6.07 Å². The third kappa shape index (κ3) is 1.42. The third-order valence-corrected chi connectivity index (χ3v) is 2.73. The summed E-state index contributed by atoms with van der Waals surface area (Å²) in [4.78, 5) is 0. The molecule has 2 aliphatic carbocycles. The Morgan fingerprint density at radius 3 is 2.85 bits per heavy atom. The van der Waals surface area contributed by atoms with Gasteiger partial charge in [0.2, 0.25) is 0 Å². The average Bonchev–Trinajstić information content (AvgIpc) is 2.72. The Bertz CT molecular complexity index is 402. The monoisotopic (exact) mass is 210 g/mol. The van der Waals surface area contributed by atoms with Crippen LogP contribution in [-0.2, 0) is 16.0 Å². The van der Waals surface area contributed by atoms with Crippen LogP contribution in [0.4, 0.5) is 0 Å². The molecule has 2 heteroatoms. The van der Waals surface area contributed by atoms with Gasteiger partial charge in [-0.15, -0.1) is 0 Å². The van der Waals surface area contributed by atoms with E-state index in [1.807, 2.05) is 12.2 Å². The third-order valence-electron chi connectivity index (χ3n) is 2.23. The molecule has 0 bridgehead atoms. The predicted octanol–water partition coefficient (Wildman–Crippen LogP) is 2.53. The second-order valence-electron chi connectivity index (χ2n) is 3.02. The van der Waals surface area contributed by atoms with E-state index in [0.717, 1.165) is 28.5 Å². The summed E-state index contributed by atoms with van der Waals surface area (Å²) in [5.41, 5.74) is 3.10. The first-order valence-corrected chi connectivity index (χ1v) is 4.72. The van der Waals surface area contributed by atoms with Crippen LogP contribution in [0.3, 0.4) is 0 Å². The second-order valence-corrected chi connectivity index (χ2v) is 3.69. The molecule has 2 rings (SSSR count). The molecule has 0 aliphatic heterocycles. The van der Waals surface area contributed by atoms with E-state index in [9.17, 15) is 0 Å². The molecule has 0 spiro atoms. The normalized spacial score (nSPS) is 20.3. The van der Waals surface area contributed by atoms with Gasteiger partial charge in [-0.3, -0.25) is 0 Å². The average molecular weight is 210 g/mol. The maximum absolute atomic E-state index is 8.89. The van der Waals surface area contributed by atoms with Gasteiger partial charge in [0.15, 0.2) is 0 Å². The quantitative estimate of drug-likeness (QED) is 0.610. The van der Waals surface area contributed by atoms with E-state index < -0.39 is 0 Å². The molecule has 0 saturated carbocycles. The molecule has 0 N–H and O–H groups in total. The van der Waals surface area contributed by atoms with Crippen molar-refractivity contribution in [1.82, 2.24) is 0 Å². The van der Waals surface area contributed by atoms with Crippen molar-refractivity contribution >= 4 is 0 Å². The zero-order chi connectivity index (χ0) is 9.26. The SMILES string of the molecule is N#CC1=CC[C]([Fe])=C1C1=CC=CC1. The molecule has 0 heterocycles. The maximum atomic E-state index is 8.89. The predicted molar refractivity (Wildman–Crippen MR) is 47.2 cm³/mol. The number of allylic oxidation sites excluding steroid dienone is 8. The van der Waals surface area contributed by atoms with Crippen LogP contribution >= 0.6 is 0 Å². The summed E-state index contributed by atoms with van der Waals surface area (Å²) in [6, 6.07) is 2.22. The summed E-state index contributed by atoms with van der Waals surface area (Å²) in [6.45, 7) is 0. The fourth-order valence-corrected chi connectivity index (χ4v) is 2.05. The van der Waals surface area contributed by atoms with Gasteiger partial charge in [-0.2, -0.15) is 0 Å². The van der Waals surface area contributed by atoms with Crippen LogP contribution in [0.1, 0.15) is 12.8 Å². The van der Waals surface area contributed by atoms with Gasteiger partial charge < -0.3 is 0 Å². The van der Waals surface area contributed by atoms with E-state index in [4.69, 9.17) is 5.26 Å². The van der Waals surface area contributed by atoms with E-state index in [1.54, 1.807) is 0 Å². The Labute approximate surface area is 85.9 Å². The molecule has 0 unspecified atom stereocenters. The minimum absolute atomic E-state index is 0.792. The summed E-state index contributed by atoms with van der Waals surface area (Å²) >= 11 is 3.97. The Morgan fingerprint density at radius 1 is 1.38 bits per heavy atom. The molecule has 0 saturated heterocycles. The fraction of sp³-hybridized carbons (Fsp3) is 0.182. The molecular formula is C11H8FeN. The van der Waals surface area contributed by atoms with Gasteiger partial charge in [0.05, 0.1) is 0 Å². The molecule has 0 amide bonds. The van der Waals surface area contributed by atoms with Crippen LogP contribution in [-0.4, -0.2) is 0 Å². The molecule has 65 valence electrons. The molecule has 13 heavy (non-hydrogen) atoms. The Morgan fingerprint density at radius 2 is 2.23 bits per heavy atom. The van der Waals surface area contributed by atoms with Gasteiger partial charge in [-0.1, -0.05) is 0 Å². The summed E-state index contributed by atoms with van der Waals surface area (Å²) in [5.74, 6) is 0. The first kappa shape index (κ1) is 8.56. The van der Waals surface area contributed by atoms with Crippen molar-refractivity contribution in [2.75, 3.05) is 0 Å². The molecular weight excluding hydrogens is 202 g/mol. The first-order chi connectivity index (χ1) is 6.33. The summed E-state index contributed by atoms with van der Waals surface area (Å²) < 4.78 is 1.08. The molecule has 0 aromatic rings. The molecule has 0 atom stereocenters. The number of nitrogens with zero attached hydrogens (tertiary/aromatic N) is 1. The number of hydrogen-bond acceptors (Lipinski definition) is 1. The minimum atomic E-state index is 0.792. The summed E-state index contributed by atoms with van der Waals surface area (Å²) in [7, 11) is 0. The Kier molecular flexibility index (Phi) is 2.22. The van der Waals surface area contributed by atoms with E-state index in [-0.39, 0.29) is 0 Å². The van der Waals surface area contributed by atoms with Crippen molar-refractivity contribution in [3.63, 3.8) is 0 Å². The molecule has 2 aliphatic rings. The molecule has 0 fully saturated rings. The van der Waals surface area contributed by atoms with E-state index >= 15 is 0 Å². The summed E-state index contributed by atoms with van der Waals surface area (Å²) in [6.07, 6.45) is 9.92. The van der Waals surface area contributed by atoms with Crippen LogP contribution in [0.25, 0.3) is 0 Å². The van der Waals surface area contributed by atoms with Crippen molar-refractivity contribution in [2.45, 2.75) is 12.8 Å². The zero-order valence-electron chi connectivity index (χ0n) is 7.02. The van der Waals surface area contributed by atoms with Crippen LogP contribution in [0, 0.1) is 11.3 Å². The standard InChI is InChI=1S/C11H8N.Fe/c12-8-10-6-3-7-11(10)9-4-1-2-5-9;/h1-2,4,6H,3,5H2;. The van der Waals surface area contributed by atoms with Gasteiger partial charge >= 0.3 is 85.7 Å². The van der Waals surface area contributed by atoms with Crippen molar-refractivity contribution in [1.29, 1.82) is 5.26 Å². The van der Waals surface area contributed by atoms with Crippen molar-refractivity contribution in [3.05, 3.63) is 45.5 Å². The first-order valence-electron chi connectivity index (χ1n) is 4.17. The Balaban J connectivity index is 2.38. The topological polar surface area (TPSA) is 23.8 Å². The van der Waals surface area contributed by atoms with Crippen LogP contribution in [0.2, 0.25) is 0 Å². The van der Waals surface area contributed by atoms with Crippen LogP contribution in [0.5, 0.6) is 0 Å². The molecule has 0 radical (unpaired) electrons. The molecule has 1 nitrogen and oxygen atoms in total. The van der Waals surface area contributed by atoms with Gasteiger partial charge in [-0.25, -0.2) is 0 Å². The van der Waals surface area contributed by atoms with Crippen molar-refractivity contribution in [2.24, 2.45) is 0 Å². The molecule has 0 aromatic heterocycles. The molecule has 0 aromatic carbocycles. The number of rotatable bonds is 1. The zero-order valence-corrected chi connectivity index (χ0v) is 8.13. The van der Waals surface area contributed by atoms with E-state index in [0.29, 0.717) is 0 Å².